The Morgan fingerprint density at radius 3 is 2.68 bits per heavy atom. The fraction of sp³-hybridized carbons (Fsp3) is 0.500. The molecule has 2 aromatic heterocycles. The molecular weight excluding hydrogens is 741 g/mol. The minimum Gasteiger partial charge on any atom is -0.461 e. The van der Waals surface area contributed by atoms with E-state index < -0.39 is 53.0 Å². The van der Waals surface area contributed by atoms with E-state index in [1.54, 1.807) is 34.6 Å². The van der Waals surface area contributed by atoms with Gasteiger partial charge in [-0.15, -0.1) is 6.42 Å². The van der Waals surface area contributed by atoms with Gasteiger partial charge in [-0.1, -0.05) is 25.8 Å². The molecule has 12 nitrogen and oxygen atoms in total. The highest BCUT2D eigenvalue weighted by atomic mass is 19.1. The van der Waals surface area contributed by atoms with E-state index in [0.717, 1.165) is 19.4 Å². The average Bonchev–Trinajstić information content (AvgIpc) is 3.53. The molecule has 1 N–H and O–H groups in total. The number of hydrogen-bond donors (Lipinski definition) is 1. The van der Waals surface area contributed by atoms with Crippen LogP contribution in [0, 0.1) is 29.9 Å². The third-order valence-corrected chi connectivity index (χ3v) is 10.6. The van der Waals surface area contributed by atoms with Crippen molar-refractivity contribution in [1.29, 1.82) is 0 Å². The Hall–Kier alpha value is -5.20. The predicted octanol–water partition coefficient (Wildman–Crippen LogP) is 6.74. The van der Waals surface area contributed by atoms with E-state index in [4.69, 9.17) is 30.4 Å². The van der Waals surface area contributed by atoms with Crippen LogP contribution in [0.5, 0.6) is 11.8 Å². The first-order valence-corrected chi connectivity index (χ1v) is 19.3. The lowest BCUT2D eigenvalue weighted by Gasteiger charge is -2.31. The van der Waals surface area contributed by atoms with E-state index in [1.807, 2.05) is 4.90 Å². The van der Waals surface area contributed by atoms with Crippen LogP contribution < -0.4 is 19.7 Å². The maximum absolute atomic E-state index is 17.3. The van der Waals surface area contributed by atoms with Gasteiger partial charge in [0.15, 0.2) is 5.82 Å². The van der Waals surface area contributed by atoms with Crippen LogP contribution in [0.3, 0.4) is 0 Å². The van der Waals surface area contributed by atoms with E-state index in [-0.39, 0.29) is 46.1 Å². The Morgan fingerprint density at radius 2 is 1.93 bits per heavy atom. The molecule has 0 bridgehead atoms. The van der Waals surface area contributed by atoms with Crippen LogP contribution in [0.15, 0.2) is 30.5 Å². The van der Waals surface area contributed by atoms with Gasteiger partial charge >= 0.3 is 18.1 Å². The molecular formula is C42H47F3N6O6. The van der Waals surface area contributed by atoms with Crippen molar-refractivity contribution in [3.63, 3.8) is 0 Å². The van der Waals surface area contributed by atoms with Crippen LogP contribution >= 0.6 is 0 Å². The molecule has 7 rings (SSSR count). The number of alkyl halides is 1. The number of esters is 1. The number of nitrogens with one attached hydrogen (secondary N) is 1. The largest absolute Gasteiger partial charge is 0.461 e. The molecule has 0 aliphatic carbocycles. The van der Waals surface area contributed by atoms with Gasteiger partial charge < -0.3 is 29.2 Å². The first kappa shape index (κ1) is 40.0. The van der Waals surface area contributed by atoms with Crippen molar-refractivity contribution < 1.29 is 41.7 Å². The molecule has 15 heteroatoms. The molecule has 0 saturated carbocycles. The molecule has 2 aromatic carbocycles. The summed E-state index contributed by atoms with van der Waals surface area (Å²) >= 11 is 0. The maximum Gasteiger partial charge on any atom is 0.408 e. The molecule has 3 aliphatic heterocycles. The highest BCUT2D eigenvalue weighted by molar-refractivity contribution is 6.03. The summed E-state index contributed by atoms with van der Waals surface area (Å²) < 4.78 is 70.3. The van der Waals surface area contributed by atoms with Crippen LogP contribution in [0.25, 0.3) is 32.9 Å². The van der Waals surface area contributed by atoms with E-state index in [1.165, 1.54) is 30.5 Å². The number of amides is 1. The maximum atomic E-state index is 17.3. The highest BCUT2D eigenvalue weighted by Crippen LogP contribution is 2.42. The zero-order chi connectivity index (χ0) is 40.6. The number of anilines is 1. The highest BCUT2D eigenvalue weighted by Gasteiger charge is 2.49. The molecule has 0 radical (unpaired) electrons. The van der Waals surface area contributed by atoms with Crippen molar-refractivity contribution in [3.8, 4) is 35.4 Å². The van der Waals surface area contributed by atoms with Gasteiger partial charge in [0.1, 0.15) is 53.0 Å². The zero-order valence-electron chi connectivity index (χ0n) is 32.8. The Morgan fingerprint density at radius 1 is 1.12 bits per heavy atom. The second kappa shape index (κ2) is 16.0. The molecule has 0 spiro atoms. The molecule has 3 aliphatic rings. The first-order valence-electron chi connectivity index (χ1n) is 19.3. The third-order valence-electron chi connectivity index (χ3n) is 10.6. The number of terminal acetylenes is 1. The number of hydrogen-bond acceptors (Lipinski definition) is 11. The average molecular weight is 789 g/mol. The molecule has 0 unspecified atom stereocenters. The van der Waals surface area contributed by atoms with Crippen LogP contribution in [0.2, 0.25) is 0 Å². The fourth-order valence-electron chi connectivity index (χ4n) is 8.03. The topological polar surface area (TPSA) is 128 Å². The summed E-state index contributed by atoms with van der Waals surface area (Å²) in [4.78, 5) is 44.2. The van der Waals surface area contributed by atoms with Crippen LogP contribution in [-0.2, 0) is 14.3 Å². The molecule has 3 fully saturated rings. The summed E-state index contributed by atoms with van der Waals surface area (Å²) in [5.74, 6) is -0.0626. The number of benzene rings is 2. The van der Waals surface area contributed by atoms with Crippen molar-refractivity contribution in [3.05, 3.63) is 47.7 Å². The monoisotopic (exact) mass is 788 g/mol. The molecule has 5 heterocycles. The van der Waals surface area contributed by atoms with E-state index in [9.17, 15) is 14.0 Å². The summed E-state index contributed by atoms with van der Waals surface area (Å²) in [6, 6.07) is 4.25. The Bertz CT molecular complexity index is 2230. The van der Waals surface area contributed by atoms with Gasteiger partial charge in [0, 0.05) is 49.8 Å². The van der Waals surface area contributed by atoms with E-state index in [0.29, 0.717) is 62.3 Å². The number of carbonyl (C=O) groups excluding carboxylic acids is 2. The van der Waals surface area contributed by atoms with Gasteiger partial charge in [0.2, 0.25) is 0 Å². The predicted molar refractivity (Wildman–Crippen MR) is 208 cm³/mol. The van der Waals surface area contributed by atoms with Crippen molar-refractivity contribution in [2.45, 2.75) is 83.7 Å². The van der Waals surface area contributed by atoms with Gasteiger partial charge in [0.05, 0.1) is 23.1 Å². The van der Waals surface area contributed by atoms with Crippen molar-refractivity contribution in [1.82, 2.24) is 25.2 Å². The smallest absolute Gasteiger partial charge is 0.408 e. The SMILES string of the molecule is C#Cc1c(F)ccc2cc(OC(=O)[C@@H](NC(=O)OC(C)(C)C)C(C)C)cc(-c3ncc4c(N5CCCOCC5)nc(OC[C@@]56CCCN5C[C@H](F)C6)nc4c3F)c12. The molecule has 4 aromatic rings. The molecule has 57 heavy (non-hydrogen) atoms. The lowest BCUT2D eigenvalue weighted by molar-refractivity contribution is -0.137. The second-order valence-electron chi connectivity index (χ2n) is 16.3. The summed E-state index contributed by atoms with van der Waals surface area (Å²) in [5, 5.41) is 3.38. The van der Waals surface area contributed by atoms with Crippen molar-refractivity contribution in [2.24, 2.45) is 5.92 Å². The third kappa shape index (κ3) is 8.29. The minimum atomic E-state index is -1.11. The number of alkyl carbamates (subject to hydrolysis) is 1. The van der Waals surface area contributed by atoms with Crippen molar-refractivity contribution in [2.75, 3.05) is 50.9 Å². The summed E-state index contributed by atoms with van der Waals surface area (Å²) in [7, 11) is 0. The van der Waals surface area contributed by atoms with Crippen molar-refractivity contribution >= 4 is 39.6 Å². The number of nitrogens with zero attached hydrogens (tertiary/aromatic N) is 5. The van der Waals surface area contributed by atoms with E-state index in [2.05, 4.69) is 26.1 Å². The standard InChI is InChI=1S/C42H47F3N6O6/c1-7-28-31(44)11-10-25-18-27(56-38(52)34(24(2)3)48-40(53)57-41(4,5)6)19-29(32(25)28)35-33(45)36-30(21-46-35)37(50-13-9-16-54-17-15-50)49-39(47-36)55-23-42-12-8-14-51(42)22-26(43)20-42/h1,10-11,18-19,21,24,26,34H,8-9,12-17,20,22-23H2,2-6H3,(H,48,53)/t26-,34+,42+/m1/s1. The lowest BCUT2D eigenvalue weighted by atomic mass is 9.95. The number of pyridine rings is 1. The number of ether oxygens (including phenoxy) is 4. The molecule has 3 atom stereocenters. The minimum absolute atomic E-state index is 0.0323. The van der Waals surface area contributed by atoms with Crippen LogP contribution in [0.1, 0.15) is 65.9 Å². The van der Waals surface area contributed by atoms with Gasteiger partial charge in [-0.3, -0.25) is 9.88 Å². The van der Waals surface area contributed by atoms with E-state index >= 15 is 8.78 Å². The quantitative estimate of drug-likeness (QED) is 0.110. The van der Waals surface area contributed by atoms with Crippen LogP contribution in [0.4, 0.5) is 23.8 Å². The zero-order valence-corrected chi connectivity index (χ0v) is 32.8. The van der Waals surface area contributed by atoms with Gasteiger partial charge in [-0.25, -0.2) is 22.8 Å². The summed E-state index contributed by atoms with van der Waals surface area (Å²) in [6.07, 6.45) is 8.20. The number of rotatable bonds is 9. The normalized spacial score (nSPS) is 20.6. The Balaban J connectivity index is 1.33. The number of fused-ring (bicyclic) bond motifs is 3. The molecule has 1 amide bonds. The van der Waals surface area contributed by atoms with Gasteiger partial charge in [0.25, 0.3) is 0 Å². The fourth-order valence-corrected chi connectivity index (χ4v) is 8.03. The lowest BCUT2D eigenvalue weighted by Crippen LogP contribution is -2.48. The summed E-state index contributed by atoms with van der Waals surface area (Å²) in [6.45, 7) is 11.8. The first-order chi connectivity index (χ1) is 27.2. The van der Waals surface area contributed by atoms with Gasteiger partial charge in [-0.05, 0) is 76.1 Å². The number of aromatic nitrogens is 3. The van der Waals surface area contributed by atoms with Crippen LogP contribution in [-0.4, -0.2) is 101 Å². The number of halogens is 3. The summed E-state index contributed by atoms with van der Waals surface area (Å²) in [5.41, 5.74) is -1.78. The second-order valence-corrected chi connectivity index (χ2v) is 16.3. The molecule has 3 saturated heterocycles. The Kier molecular flexibility index (Phi) is 11.2. The Labute approximate surface area is 329 Å². The molecule has 302 valence electrons. The van der Waals surface area contributed by atoms with Gasteiger partial charge in [-0.2, -0.15) is 9.97 Å². The number of carbonyl (C=O) groups is 2.